The lowest BCUT2D eigenvalue weighted by Crippen LogP contribution is -2.36. The molecule has 1 N–H and O–H groups in total. The maximum Gasteiger partial charge on any atom is 0.291 e. The molecule has 0 fully saturated rings. The highest BCUT2D eigenvalue weighted by Crippen LogP contribution is 2.20. The van der Waals surface area contributed by atoms with Crippen molar-refractivity contribution in [2.75, 3.05) is 32.5 Å². The molecular weight excluding hydrogens is 378 g/mol. The van der Waals surface area contributed by atoms with E-state index >= 15 is 0 Å². The lowest BCUT2D eigenvalue weighted by Gasteiger charge is -2.25. The first kappa shape index (κ1) is 21.3. The van der Waals surface area contributed by atoms with Gasteiger partial charge in [-0.1, -0.05) is 36.4 Å². The van der Waals surface area contributed by atoms with Crippen molar-refractivity contribution in [1.82, 2.24) is 9.80 Å². The molecule has 0 unspecified atom stereocenters. The average molecular weight is 405 g/mol. The Morgan fingerprint density at radius 3 is 2.40 bits per heavy atom. The number of carbonyl (C=O) groups is 2. The number of carbonyl (C=O) groups excluding carboxylic acids is 2. The molecule has 3 aromatic rings. The first-order chi connectivity index (χ1) is 14.4. The van der Waals surface area contributed by atoms with Gasteiger partial charge in [-0.3, -0.25) is 9.59 Å². The van der Waals surface area contributed by atoms with Gasteiger partial charge in [0.1, 0.15) is 0 Å². The molecule has 0 bridgehead atoms. The molecule has 3 rings (SSSR count). The third kappa shape index (κ3) is 5.58. The summed E-state index contributed by atoms with van der Waals surface area (Å²) in [5.41, 5.74) is 3.07. The Balaban J connectivity index is 1.81. The van der Waals surface area contributed by atoms with Crippen molar-refractivity contribution in [1.29, 1.82) is 0 Å². The number of rotatable bonds is 8. The van der Waals surface area contributed by atoms with Crippen molar-refractivity contribution in [3.63, 3.8) is 0 Å². The maximum atomic E-state index is 13.3. The van der Waals surface area contributed by atoms with E-state index in [1.54, 1.807) is 24.3 Å². The number of nitrogens with zero attached hydrogens (tertiary/aromatic N) is 2. The fraction of sp³-hybridized carbons (Fsp3) is 0.250. The smallest absolute Gasteiger partial charge is 0.291 e. The molecule has 1 heterocycles. The Morgan fingerprint density at radius 2 is 1.73 bits per heavy atom. The predicted molar refractivity (Wildman–Crippen MR) is 118 cm³/mol. The van der Waals surface area contributed by atoms with E-state index in [2.05, 4.69) is 10.2 Å². The van der Waals surface area contributed by atoms with Crippen molar-refractivity contribution >= 4 is 17.5 Å². The molecule has 2 aromatic carbocycles. The average Bonchev–Trinajstić information content (AvgIpc) is 3.28. The third-order valence-corrected chi connectivity index (χ3v) is 4.80. The molecule has 0 aliphatic rings. The van der Waals surface area contributed by atoms with Gasteiger partial charge in [0.15, 0.2) is 5.76 Å². The van der Waals surface area contributed by atoms with Crippen LogP contribution in [0.25, 0.3) is 0 Å². The van der Waals surface area contributed by atoms with Gasteiger partial charge in [-0.15, -0.1) is 0 Å². The van der Waals surface area contributed by atoms with Crippen molar-refractivity contribution in [2.24, 2.45) is 0 Å². The summed E-state index contributed by atoms with van der Waals surface area (Å²) in [7, 11) is 3.97. The molecule has 0 aliphatic carbocycles. The maximum absolute atomic E-state index is 13.3. The molecule has 0 radical (unpaired) electrons. The van der Waals surface area contributed by atoms with E-state index in [4.69, 9.17) is 4.42 Å². The lowest BCUT2D eigenvalue weighted by atomic mass is 10.1. The number of benzene rings is 2. The van der Waals surface area contributed by atoms with Crippen molar-refractivity contribution in [3.8, 4) is 0 Å². The van der Waals surface area contributed by atoms with Gasteiger partial charge in [0.2, 0.25) is 0 Å². The minimum absolute atomic E-state index is 0.0748. The van der Waals surface area contributed by atoms with Crippen LogP contribution >= 0.6 is 0 Å². The van der Waals surface area contributed by atoms with E-state index in [0.717, 1.165) is 17.7 Å². The third-order valence-electron chi connectivity index (χ3n) is 4.80. The van der Waals surface area contributed by atoms with Crippen LogP contribution in [-0.2, 0) is 6.54 Å². The summed E-state index contributed by atoms with van der Waals surface area (Å²) < 4.78 is 5.15. The zero-order chi connectivity index (χ0) is 21.5. The second-order valence-corrected chi connectivity index (χ2v) is 7.48. The monoisotopic (exact) mass is 405 g/mol. The molecule has 6 nitrogen and oxygen atoms in total. The van der Waals surface area contributed by atoms with Crippen LogP contribution in [0.2, 0.25) is 0 Å². The molecule has 30 heavy (non-hydrogen) atoms. The van der Waals surface area contributed by atoms with E-state index in [1.807, 2.05) is 62.3 Å². The summed E-state index contributed by atoms with van der Waals surface area (Å²) in [6.45, 7) is 3.77. The second-order valence-electron chi connectivity index (χ2n) is 7.48. The summed E-state index contributed by atoms with van der Waals surface area (Å²) >= 11 is 0. The van der Waals surface area contributed by atoms with Gasteiger partial charge < -0.3 is 19.5 Å². The molecule has 6 heteroatoms. The van der Waals surface area contributed by atoms with Gasteiger partial charge in [0.25, 0.3) is 11.8 Å². The lowest BCUT2D eigenvalue weighted by molar-refractivity contribution is 0.0731. The van der Waals surface area contributed by atoms with E-state index < -0.39 is 0 Å². The van der Waals surface area contributed by atoms with Crippen LogP contribution in [0.3, 0.4) is 0 Å². The predicted octanol–water partition coefficient (Wildman–Crippen LogP) is 4.04. The SMILES string of the molecule is Cc1ccc(C(=O)N(CCN(C)C)Cc2ccccc2)cc1NC(=O)c1ccco1. The molecule has 0 spiro atoms. The molecule has 156 valence electrons. The standard InChI is InChI=1S/C24H27N3O3/c1-18-11-12-20(16-21(18)25-23(28)22-10-7-15-30-22)24(29)27(14-13-26(2)3)17-19-8-5-4-6-9-19/h4-12,15-16H,13-14,17H2,1-3H3,(H,25,28). The fourth-order valence-electron chi connectivity index (χ4n) is 3.04. The Morgan fingerprint density at radius 1 is 0.967 bits per heavy atom. The van der Waals surface area contributed by atoms with E-state index in [1.165, 1.54) is 6.26 Å². The number of furan rings is 1. The quantitative estimate of drug-likeness (QED) is 0.614. The summed E-state index contributed by atoms with van der Waals surface area (Å²) in [5, 5.41) is 2.84. The summed E-state index contributed by atoms with van der Waals surface area (Å²) in [6, 6.07) is 18.6. The van der Waals surface area contributed by atoms with E-state index in [0.29, 0.717) is 24.3 Å². The van der Waals surface area contributed by atoms with Gasteiger partial charge in [-0.2, -0.15) is 0 Å². The minimum Gasteiger partial charge on any atom is -0.459 e. The van der Waals surface area contributed by atoms with Crippen molar-refractivity contribution in [2.45, 2.75) is 13.5 Å². The molecule has 1 aromatic heterocycles. The van der Waals surface area contributed by atoms with Gasteiger partial charge in [-0.25, -0.2) is 0 Å². The molecule has 0 saturated heterocycles. The Hall–Kier alpha value is -3.38. The Labute approximate surface area is 177 Å². The van der Waals surface area contributed by atoms with E-state index in [9.17, 15) is 9.59 Å². The van der Waals surface area contributed by atoms with Gasteiger partial charge >= 0.3 is 0 Å². The van der Waals surface area contributed by atoms with Gasteiger partial charge in [0, 0.05) is 30.9 Å². The highest BCUT2D eigenvalue weighted by molar-refractivity contribution is 6.03. The molecule has 0 aliphatic heterocycles. The largest absolute Gasteiger partial charge is 0.459 e. The first-order valence-electron chi connectivity index (χ1n) is 9.87. The van der Waals surface area contributed by atoms with Gasteiger partial charge in [0.05, 0.1) is 6.26 Å². The minimum atomic E-state index is -0.346. The highest BCUT2D eigenvalue weighted by atomic mass is 16.3. The molecule has 2 amide bonds. The highest BCUT2D eigenvalue weighted by Gasteiger charge is 2.18. The van der Waals surface area contributed by atoms with Crippen LogP contribution in [0, 0.1) is 6.92 Å². The first-order valence-corrected chi connectivity index (χ1v) is 9.87. The number of anilines is 1. The zero-order valence-electron chi connectivity index (χ0n) is 17.6. The fourth-order valence-corrected chi connectivity index (χ4v) is 3.04. The molecule has 0 atom stereocenters. The number of aryl methyl sites for hydroxylation is 1. The topological polar surface area (TPSA) is 65.8 Å². The Kier molecular flexibility index (Phi) is 7.03. The number of likely N-dealkylation sites (N-methyl/N-ethyl adjacent to an activating group) is 1. The van der Waals surface area contributed by atoms with Crippen LogP contribution < -0.4 is 5.32 Å². The van der Waals surface area contributed by atoms with Crippen LogP contribution in [0.15, 0.2) is 71.3 Å². The Bertz CT molecular complexity index is 982. The normalized spacial score (nSPS) is 10.8. The van der Waals surface area contributed by atoms with Crippen molar-refractivity contribution in [3.05, 3.63) is 89.4 Å². The second kappa shape index (κ2) is 9.89. The van der Waals surface area contributed by atoms with Crippen LogP contribution in [0.5, 0.6) is 0 Å². The van der Waals surface area contributed by atoms with E-state index in [-0.39, 0.29) is 17.6 Å². The number of amides is 2. The number of hydrogen-bond donors (Lipinski definition) is 1. The summed E-state index contributed by atoms with van der Waals surface area (Å²) in [6.07, 6.45) is 1.45. The van der Waals surface area contributed by atoms with Crippen LogP contribution in [-0.4, -0.2) is 48.8 Å². The zero-order valence-corrected chi connectivity index (χ0v) is 17.6. The summed E-state index contributed by atoms with van der Waals surface area (Å²) in [4.78, 5) is 29.6. The van der Waals surface area contributed by atoms with Crippen molar-refractivity contribution < 1.29 is 14.0 Å². The molecule has 0 saturated carbocycles. The molecular formula is C24H27N3O3. The number of hydrogen-bond acceptors (Lipinski definition) is 4. The van der Waals surface area contributed by atoms with Crippen LogP contribution in [0.4, 0.5) is 5.69 Å². The number of nitrogens with one attached hydrogen (secondary N) is 1. The van der Waals surface area contributed by atoms with Crippen LogP contribution in [0.1, 0.15) is 32.0 Å². The van der Waals surface area contributed by atoms with Gasteiger partial charge in [-0.05, 0) is 56.4 Å². The summed E-state index contributed by atoms with van der Waals surface area (Å²) in [5.74, 6) is -0.196.